The Labute approximate surface area is 135 Å². The van der Waals surface area contributed by atoms with Crippen LogP contribution in [0.5, 0.6) is 0 Å². The van der Waals surface area contributed by atoms with Gasteiger partial charge >= 0.3 is 0 Å². The number of thiazole rings is 1. The molecule has 0 bridgehead atoms. The molecule has 2 aliphatic heterocycles. The summed E-state index contributed by atoms with van der Waals surface area (Å²) in [6, 6.07) is 0. The van der Waals surface area contributed by atoms with Crippen LogP contribution < -0.4 is 4.90 Å². The Balaban J connectivity index is 1.57. The first-order chi connectivity index (χ1) is 10.6. The van der Waals surface area contributed by atoms with Gasteiger partial charge in [0.05, 0.1) is 6.61 Å². The molecule has 6 nitrogen and oxygen atoms in total. The van der Waals surface area contributed by atoms with Crippen LogP contribution in [0.2, 0.25) is 0 Å². The SMILES string of the molecule is CN(C)C(=O)C1CN(Cc2cnc(N3CCCC3)s2)CCO1. The molecule has 1 amide bonds. The summed E-state index contributed by atoms with van der Waals surface area (Å²) < 4.78 is 5.60. The molecule has 2 aliphatic rings. The molecule has 2 fully saturated rings. The number of carbonyl (C=O) groups excluding carboxylic acids is 1. The minimum Gasteiger partial charge on any atom is -0.366 e. The van der Waals surface area contributed by atoms with Gasteiger partial charge in [-0.2, -0.15) is 0 Å². The maximum Gasteiger partial charge on any atom is 0.252 e. The standard InChI is InChI=1S/C15H24N4O2S/c1-17(2)14(20)13-11-18(7-8-21-13)10-12-9-16-15(22-12)19-5-3-4-6-19/h9,13H,3-8,10-11H2,1-2H3. The molecule has 2 saturated heterocycles. The van der Waals surface area contributed by atoms with Gasteiger partial charge in [-0.05, 0) is 12.8 Å². The van der Waals surface area contributed by atoms with E-state index in [2.05, 4.69) is 14.8 Å². The van der Waals surface area contributed by atoms with E-state index in [1.165, 1.54) is 17.7 Å². The van der Waals surface area contributed by atoms with Crippen LogP contribution in [-0.2, 0) is 16.1 Å². The molecule has 1 aromatic heterocycles. The molecule has 0 N–H and O–H groups in total. The predicted molar refractivity (Wildman–Crippen MR) is 87.3 cm³/mol. The van der Waals surface area contributed by atoms with Crippen LogP contribution in [0.3, 0.4) is 0 Å². The van der Waals surface area contributed by atoms with Gasteiger partial charge in [0.1, 0.15) is 6.10 Å². The molecule has 1 aromatic rings. The number of ether oxygens (including phenoxy) is 1. The molecule has 3 heterocycles. The Morgan fingerprint density at radius 1 is 1.41 bits per heavy atom. The first-order valence-electron chi connectivity index (χ1n) is 7.88. The highest BCUT2D eigenvalue weighted by Gasteiger charge is 2.28. The minimum absolute atomic E-state index is 0.0479. The maximum atomic E-state index is 12.0. The van der Waals surface area contributed by atoms with Crippen molar-refractivity contribution < 1.29 is 9.53 Å². The Morgan fingerprint density at radius 2 is 2.18 bits per heavy atom. The normalized spacial score (nSPS) is 23.0. The van der Waals surface area contributed by atoms with E-state index in [0.717, 1.165) is 31.3 Å². The van der Waals surface area contributed by atoms with Crippen molar-refractivity contribution in [3.63, 3.8) is 0 Å². The molecule has 0 saturated carbocycles. The van der Waals surface area contributed by atoms with Gasteiger partial charge in [-0.25, -0.2) is 4.98 Å². The van der Waals surface area contributed by atoms with E-state index in [1.807, 2.05) is 6.20 Å². The Hall–Kier alpha value is -1.18. The third kappa shape index (κ3) is 3.59. The van der Waals surface area contributed by atoms with Crippen LogP contribution in [0, 0.1) is 0 Å². The number of amides is 1. The third-order valence-electron chi connectivity index (χ3n) is 4.16. The Bertz CT molecular complexity index is 513. The summed E-state index contributed by atoms with van der Waals surface area (Å²) in [7, 11) is 3.55. The highest BCUT2D eigenvalue weighted by atomic mass is 32.1. The van der Waals surface area contributed by atoms with Crippen molar-refractivity contribution in [3.05, 3.63) is 11.1 Å². The van der Waals surface area contributed by atoms with E-state index in [4.69, 9.17) is 4.74 Å². The first kappa shape index (κ1) is 15.7. The zero-order chi connectivity index (χ0) is 15.5. The lowest BCUT2D eigenvalue weighted by molar-refractivity contribution is -0.147. The summed E-state index contributed by atoms with van der Waals surface area (Å²) in [5.41, 5.74) is 0. The first-order valence-corrected chi connectivity index (χ1v) is 8.70. The lowest BCUT2D eigenvalue weighted by Gasteiger charge is -2.32. The molecule has 1 atom stereocenters. The second kappa shape index (κ2) is 6.93. The molecule has 122 valence electrons. The number of rotatable bonds is 4. The van der Waals surface area contributed by atoms with Crippen LogP contribution in [0.25, 0.3) is 0 Å². The van der Waals surface area contributed by atoms with Gasteiger partial charge in [0.15, 0.2) is 5.13 Å². The van der Waals surface area contributed by atoms with Crippen molar-refractivity contribution in [1.82, 2.24) is 14.8 Å². The van der Waals surface area contributed by atoms with Gasteiger partial charge in [-0.3, -0.25) is 9.69 Å². The van der Waals surface area contributed by atoms with Crippen LogP contribution in [0.1, 0.15) is 17.7 Å². The molecule has 0 spiro atoms. The van der Waals surface area contributed by atoms with Crippen LogP contribution in [-0.4, -0.2) is 73.7 Å². The monoisotopic (exact) mass is 324 g/mol. The van der Waals surface area contributed by atoms with E-state index in [-0.39, 0.29) is 12.0 Å². The van der Waals surface area contributed by atoms with Crippen molar-refractivity contribution in [2.75, 3.05) is 51.8 Å². The van der Waals surface area contributed by atoms with E-state index in [1.54, 1.807) is 30.3 Å². The lowest BCUT2D eigenvalue weighted by atomic mass is 10.2. The number of hydrogen-bond acceptors (Lipinski definition) is 6. The van der Waals surface area contributed by atoms with Gasteiger partial charge in [-0.1, -0.05) is 0 Å². The fraction of sp³-hybridized carbons (Fsp3) is 0.733. The number of anilines is 1. The molecule has 7 heteroatoms. The number of aromatic nitrogens is 1. The van der Waals surface area contributed by atoms with Crippen molar-refractivity contribution in [1.29, 1.82) is 0 Å². The highest BCUT2D eigenvalue weighted by molar-refractivity contribution is 7.15. The molecule has 0 aliphatic carbocycles. The Morgan fingerprint density at radius 3 is 2.91 bits per heavy atom. The number of hydrogen-bond donors (Lipinski definition) is 0. The van der Waals surface area contributed by atoms with E-state index in [9.17, 15) is 4.79 Å². The molecule has 0 aromatic carbocycles. The summed E-state index contributed by atoms with van der Waals surface area (Å²) in [5.74, 6) is 0.0479. The van der Waals surface area contributed by atoms with E-state index < -0.39 is 0 Å². The predicted octanol–water partition coefficient (Wildman–Crippen LogP) is 1.03. The third-order valence-corrected chi connectivity index (χ3v) is 5.21. The number of morpholine rings is 1. The highest BCUT2D eigenvalue weighted by Crippen LogP contribution is 2.27. The molecule has 0 radical (unpaired) electrons. The topological polar surface area (TPSA) is 48.9 Å². The minimum atomic E-state index is -0.338. The molecule has 22 heavy (non-hydrogen) atoms. The number of nitrogens with zero attached hydrogens (tertiary/aromatic N) is 4. The van der Waals surface area contributed by atoms with Crippen molar-refractivity contribution >= 4 is 22.4 Å². The fourth-order valence-corrected chi connectivity index (χ4v) is 3.93. The van der Waals surface area contributed by atoms with Crippen molar-refractivity contribution in [2.45, 2.75) is 25.5 Å². The van der Waals surface area contributed by atoms with Gasteiger partial charge in [0, 0.05) is 57.9 Å². The summed E-state index contributed by atoms with van der Waals surface area (Å²) in [4.78, 5) is 24.1. The van der Waals surface area contributed by atoms with Gasteiger partial charge in [-0.15, -0.1) is 11.3 Å². The zero-order valence-electron chi connectivity index (χ0n) is 13.3. The second-order valence-electron chi connectivity index (χ2n) is 6.13. The summed E-state index contributed by atoms with van der Waals surface area (Å²) in [6.45, 7) is 5.25. The van der Waals surface area contributed by atoms with Gasteiger partial charge in [0.25, 0.3) is 5.91 Å². The zero-order valence-corrected chi connectivity index (χ0v) is 14.1. The largest absolute Gasteiger partial charge is 0.366 e. The van der Waals surface area contributed by atoms with Crippen LogP contribution in [0.15, 0.2) is 6.20 Å². The lowest BCUT2D eigenvalue weighted by Crippen LogP contribution is -2.49. The summed E-state index contributed by atoms with van der Waals surface area (Å²) in [6.07, 6.45) is 4.19. The molecule has 3 rings (SSSR count). The fourth-order valence-electron chi connectivity index (χ4n) is 2.93. The number of likely N-dealkylation sites (N-methyl/N-ethyl adjacent to an activating group) is 1. The van der Waals surface area contributed by atoms with Crippen molar-refractivity contribution in [3.8, 4) is 0 Å². The Kier molecular flexibility index (Phi) is 4.95. The van der Waals surface area contributed by atoms with Crippen LogP contribution in [0.4, 0.5) is 5.13 Å². The smallest absolute Gasteiger partial charge is 0.252 e. The van der Waals surface area contributed by atoms with Crippen molar-refractivity contribution in [2.24, 2.45) is 0 Å². The van der Waals surface area contributed by atoms with Crippen LogP contribution >= 0.6 is 11.3 Å². The molecular formula is C15H24N4O2S. The van der Waals surface area contributed by atoms with Gasteiger partial charge < -0.3 is 14.5 Å². The summed E-state index contributed by atoms with van der Waals surface area (Å²) in [5, 5.41) is 1.14. The molecular weight excluding hydrogens is 300 g/mol. The average Bonchev–Trinajstić information content (AvgIpc) is 3.17. The van der Waals surface area contributed by atoms with E-state index >= 15 is 0 Å². The van der Waals surface area contributed by atoms with E-state index in [0.29, 0.717) is 13.2 Å². The second-order valence-corrected chi connectivity index (χ2v) is 7.22. The maximum absolute atomic E-state index is 12.0. The average molecular weight is 324 g/mol. The molecule has 1 unspecified atom stereocenters. The number of carbonyl (C=O) groups is 1. The summed E-state index contributed by atoms with van der Waals surface area (Å²) >= 11 is 1.78. The quantitative estimate of drug-likeness (QED) is 0.828. The van der Waals surface area contributed by atoms with Gasteiger partial charge in [0.2, 0.25) is 0 Å².